The van der Waals surface area contributed by atoms with Crippen LogP contribution in [-0.4, -0.2) is 28.5 Å². The van der Waals surface area contributed by atoms with Gasteiger partial charge in [-0.05, 0) is 53.7 Å². The summed E-state index contributed by atoms with van der Waals surface area (Å²) in [7, 11) is 0. The molecule has 0 spiro atoms. The maximum Gasteiger partial charge on any atom is 0.231 e. The Labute approximate surface area is 241 Å². The number of Topliss-reactive ketones (excluding diaryl/α,β-unsaturated/α-hetero) is 1. The van der Waals surface area contributed by atoms with Crippen LogP contribution in [0.25, 0.3) is 5.57 Å². The van der Waals surface area contributed by atoms with Gasteiger partial charge in [-0.25, -0.2) is 0 Å². The molecular formula is C34H26ClNO5. The Morgan fingerprint density at radius 3 is 2.27 bits per heavy atom. The molecule has 1 aliphatic heterocycles. The van der Waals surface area contributed by atoms with Crippen LogP contribution >= 0.6 is 11.6 Å². The average Bonchev–Trinajstić information content (AvgIpc) is 3.28. The van der Waals surface area contributed by atoms with Crippen LogP contribution in [0, 0.1) is 23.7 Å². The second kappa shape index (κ2) is 9.38. The molecule has 3 aromatic carbocycles. The standard InChI is InChI=1S/C34H26ClNO5/c35-27-15-20(37)11-12-22(27)30-21-13-14-23-29(33(41)36-32(23)40)25(21)16-26-31(39)24(18-7-3-1-4-8-18)17-28(38)34(26,30)19-9-5-2-6-10-19/h1-13,15,17,23,25-26,29-30,37H,14,16H2,(H,36,40,41)/t23-,25+,26-,29-,30+,34-/m0/s1. The molecule has 2 fully saturated rings. The number of amides is 2. The molecule has 1 saturated heterocycles. The van der Waals surface area contributed by atoms with Crippen LogP contribution in [0.1, 0.15) is 35.4 Å². The van der Waals surface area contributed by atoms with E-state index < -0.39 is 35.0 Å². The second-order valence-electron chi connectivity index (χ2n) is 11.3. The summed E-state index contributed by atoms with van der Waals surface area (Å²) in [4.78, 5) is 55.3. The highest BCUT2D eigenvalue weighted by Gasteiger charge is 2.65. The quantitative estimate of drug-likeness (QED) is 0.339. The monoisotopic (exact) mass is 563 g/mol. The molecular weight excluding hydrogens is 538 g/mol. The molecule has 7 heteroatoms. The van der Waals surface area contributed by atoms with Crippen molar-refractivity contribution < 1.29 is 24.3 Å². The van der Waals surface area contributed by atoms with E-state index >= 15 is 0 Å². The van der Waals surface area contributed by atoms with Gasteiger partial charge in [0, 0.05) is 22.4 Å². The highest BCUT2D eigenvalue weighted by Crippen LogP contribution is 2.63. The van der Waals surface area contributed by atoms with E-state index in [1.807, 2.05) is 66.7 Å². The fourth-order valence-corrected chi connectivity index (χ4v) is 8.16. The zero-order valence-electron chi connectivity index (χ0n) is 21.9. The van der Waals surface area contributed by atoms with Crippen molar-refractivity contribution in [3.8, 4) is 5.75 Å². The lowest BCUT2D eigenvalue weighted by molar-refractivity contribution is -0.135. The van der Waals surface area contributed by atoms with E-state index in [-0.39, 0.29) is 40.6 Å². The fraction of sp³-hybridized carbons (Fsp3) is 0.235. The van der Waals surface area contributed by atoms with Crippen LogP contribution in [0.3, 0.4) is 0 Å². The SMILES string of the molecule is O=C1NC(=O)[C@H]2CC=C3[C@@H](C[C@H]4C(=O)C(c5ccccc5)=CC(=O)[C@@]4(c4ccccc4)[C@H]3c3ccc(O)cc3Cl)[C@@H]12. The minimum Gasteiger partial charge on any atom is -0.508 e. The first kappa shape index (κ1) is 25.7. The van der Waals surface area contributed by atoms with Gasteiger partial charge < -0.3 is 5.11 Å². The Morgan fingerprint density at radius 1 is 0.854 bits per heavy atom. The third-order valence-corrected chi connectivity index (χ3v) is 9.84. The summed E-state index contributed by atoms with van der Waals surface area (Å²) in [6, 6.07) is 23.1. The van der Waals surface area contributed by atoms with Gasteiger partial charge >= 0.3 is 0 Å². The molecule has 6 atom stereocenters. The second-order valence-corrected chi connectivity index (χ2v) is 11.8. The fourth-order valence-electron chi connectivity index (χ4n) is 7.88. The highest BCUT2D eigenvalue weighted by molar-refractivity contribution is 6.33. The van der Waals surface area contributed by atoms with Gasteiger partial charge in [-0.15, -0.1) is 0 Å². The van der Waals surface area contributed by atoms with E-state index in [1.165, 1.54) is 18.2 Å². The van der Waals surface area contributed by atoms with E-state index in [2.05, 4.69) is 5.32 Å². The Hall–Kier alpha value is -4.29. The molecule has 7 rings (SSSR count). The number of carbonyl (C=O) groups is 4. The Bertz CT molecular complexity index is 1690. The van der Waals surface area contributed by atoms with Crippen LogP contribution in [0.4, 0.5) is 0 Å². The van der Waals surface area contributed by atoms with Gasteiger partial charge in [-0.1, -0.05) is 90.0 Å². The maximum absolute atomic E-state index is 14.8. The number of hydrogen-bond donors (Lipinski definition) is 2. The third-order valence-electron chi connectivity index (χ3n) is 9.51. The van der Waals surface area contributed by atoms with Gasteiger partial charge in [0.25, 0.3) is 0 Å². The smallest absolute Gasteiger partial charge is 0.231 e. The van der Waals surface area contributed by atoms with Gasteiger partial charge in [0.2, 0.25) is 11.8 Å². The number of ketones is 2. The molecule has 1 heterocycles. The number of phenols is 1. The first-order valence-corrected chi connectivity index (χ1v) is 14.1. The van der Waals surface area contributed by atoms with Crippen molar-refractivity contribution in [3.05, 3.63) is 118 Å². The molecule has 2 N–H and O–H groups in total. The van der Waals surface area contributed by atoms with Crippen LogP contribution in [0.2, 0.25) is 5.02 Å². The third kappa shape index (κ3) is 3.63. The largest absolute Gasteiger partial charge is 0.508 e. The summed E-state index contributed by atoms with van der Waals surface area (Å²) in [6.45, 7) is 0. The van der Waals surface area contributed by atoms with Crippen LogP contribution in [0.15, 0.2) is 96.6 Å². The zero-order chi connectivity index (χ0) is 28.5. The molecule has 41 heavy (non-hydrogen) atoms. The normalized spacial score (nSPS) is 30.5. The molecule has 3 aromatic rings. The molecule has 3 aliphatic carbocycles. The number of carbonyl (C=O) groups excluding carboxylic acids is 4. The number of imide groups is 1. The van der Waals surface area contributed by atoms with Crippen molar-refractivity contribution >= 4 is 40.6 Å². The number of aromatic hydroxyl groups is 1. The van der Waals surface area contributed by atoms with Crippen molar-refractivity contribution in [3.63, 3.8) is 0 Å². The number of benzene rings is 3. The Morgan fingerprint density at radius 2 is 1.56 bits per heavy atom. The maximum atomic E-state index is 14.8. The van der Waals surface area contributed by atoms with E-state index in [4.69, 9.17) is 11.6 Å². The average molecular weight is 564 g/mol. The van der Waals surface area contributed by atoms with Gasteiger partial charge in [0.05, 0.1) is 17.3 Å². The molecule has 0 bridgehead atoms. The summed E-state index contributed by atoms with van der Waals surface area (Å²) < 4.78 is 0. The summed E-state index contributed by atoms with van der Waals surface area (Å²) >= 11 is 6.81. The van der Waals surface area contributed by atoms with Crippen molar-refractivity contribution in [2.45, 2.75) is 24.2 Å². The zero-order valence-corrected chi connectivity index (χ0v) is 22.7. The summed E-state index contributed by atoms with van der Waals surface area (Å²) in [5, 5.41) is 13.0. The van der Waals surface area contributed by atoms with Crippen molar-refractivity contribution in [1.29, 1.82) is 0 Å². The highest BCUT2D eigenvalue weighted by atomic mass is 35.5. The molecule has 0 aromatic heterocycles. The van der Waals surface area contributed by atoms with E-state index in [0.717, 1.165) is 5.57 Å². The molecule has 4 aliphatic rings. The van der Waals surface area contributed by atoms with E-state index in [0.29, 0.717) is 28.7 Å². The predicted octanol–water partition coefficient (Wildman–Crippen LogP) is 5.16. The van der Waals surface area contributed by atoms with Crippen LogP contribution < -0.4 is 5.32 Å². The first-order valence-electron chi connectivity index (χ1n) is 13.8. The lowest BCUT2D eigenvalue weighted by Crippen LogP contribution is -2.58. The number of allylic oxidation sites excluding steroid dienone is 4. The lowest BCUT2D eigenvalue weighted by Gasteiger charge is -2.55. The van der Waals surface area contributed by atoms with Gasteiger partial charge in [0.1, 0.15) is 5.75 Å². The number of fused-ring (bicyclic) bond motifs is 4. The Kier molecular flexibility index (Phi) is 5.87. The van der Waals surface area contributed by atoms with Gasteiger partial charge in [-0.3, -0.25) is 24.5 Å². The number of hydrogen-bond acceptors (Lipinski definition) is 5. The minimum atomic E-state index is -1.34. The number of phenolic OH excluding ortho intramolecular Hbond substituents is 1. The van der Waals surface area contributed by atoms with Crippen molar-refractivity contribution in [1.82, 2.24) is 5.32 Å². The van der Waals surface area contributed by atoms with Crippen molar-refractivity contribution in [2.24, 2.45) is 23.7 Å². The number of nitrogens with one attached hydrogen (secondary N) is 1. The number of rotatable bonds is 3. The first-order chi connectivity index (χ1) is 19.8. The van der Waals surface area contributed by atoms with E-state index in [9.17, 15) is 24.3 Å². The van der Waals surface area contributed by atoms with Gasteiger partial charge in [-0.2, -0.15) is 0 Å². The molecule has 204 valence electrons. The van der Waals surface area contributed by atoms with Crippen LogP contribution in [-0.2, 0) is 24.6 Å². The van der Waals surface area contributed by atoms with Crippen molar-refractivity contribution in [2.75, 3.05) is 0 Å². The predicted molar refractivity (Wildman–Crippen MR) is 153 cm³/mol. The van der Waals surface area contributed by atoms with E-state index in [1.54, 1.807) is 6.07 Å². The summed E-state index contributed by atoms with van der Waals surface area (Å²) in [5.74, 6) is -4.17. The molecule has 0 radical (unpaired) electrons. The minimum absolute atomic E-state index is 0.0211. The lowest BCUT2D eigenvalue weighted by atomic mass is 9.44. The summed E-state index contributed by atoms with van der Waals surface area (Å²) in [6.07, 6.45) is 4.04. The number of halogens is 1. The molecule has 0 unspecified atom stereocenters. The Balaban J connectivity index is 1.54. The van der Waals surface area contributed by atoms with Gasteiger partial charge in [0.15, 0.2) is 11.6 Å². The molecule has 6 nitrogen and oxygen atoms in total. The summed E-state index contributed by atoms with van der Waals surface area (Å²) in [5.41, 5.74) is 1.77. The topological polar surface area (TPSA) is 101 Å². The molecule has 2 amide bonds. The molecule has 1 saturated carbocycles. The van der Waals surface area contributed by atoms with Crippen LogP contribution in [0.5, 0.6) is 5.75 Å².